The van der Waals surface area contributed by atoms with Gasteiger partial charge in [-0.25, -0.2) is 4.98 Å². The van der Waals surface area contributed by atoms with Crippen molar-refractivity contribution in [2.24, 2.45) is 0 Å². The van der Waals surface area contributed by atoms with Crippen LogP contribution in [0.4, 0.5) is 11.8 Å². The number of imidazole rings is 1. The van der Waals surface area contributed by atoms with Crippen molar-refractivity contribution in [2.45, 2.75) is 31.7 Å². The highest BCUT2D eigenvalue weighted by Gasteiger charge is 2.20. The number of nitrogen functional groups attached to an aromatic ring is 2. The van der Waals surface area contributed by atoms with Gasteiger partial charge in [-0.3, -0.25) is 0 Å². The second kappa shape index (κ2) is 5.58. The Morgan fingerprint density at radius 1 is 1.11 bits per heavy atom. The normalized spacial score (nSPS) is 15.3. The molecule has 2 aromatic rings. The fourth-order valence-corrected chi connectivity index (χ4v) is 2.41. The summed E-state index contributed by atoms with van der Waals surface area (Å²) in [5, 5.41) is 0. The number of nitrogens with two attached hydrogens (primary N) is 2. The number of aromatic nitrogens is 4. The van der Waals surface area contributed by atoms with Crippen LogP contribution >= 0.6 is 24.8 Å². The summed E-state index contributed by atoms with van der Waals surface area (Å²) in [5.41, 5.74) is 12.8. The molecule has 0 aromatic carbocycles. The van der Waals surface area contributed by atoms with Crippen LogP contribution < -0.4 is 11.5 Å². The van der Waals surface area contributed by atoms with Gasteiger partial charge in [-0.05, 0) is 12.8 Å². The molecule has 0 amide bonds. The first-order chi connectivity index (χ1) is 7.75. The van der Waals surface area contributed by atoms with Crippen LogP contribution in [0.25, 0.3) is 11.2 Å². The van der Waals surface area contributed by atoms with E-state index in [1.807, 2.05) is 0 Å². The number of rotatable bonds is 1. The van der Waals surface area contributed by atoms with Crippen LogP contribution in [0.3, 0.4) is 0 Å². The SMILES string of the molecule is Cl.Cl.Nc1nc(N)c2ncn(C3CCCC3)c2n1. The maximum Gasteiger partial charge on any atom is 0.224 e. The van der Waals surface area contributed by atoms with Gasteiger partial charge in [0.15, 0.2) is 11.5 Å². The Balaban J connectivity index is 0.000000810. The third kappa shape index (κ3) is 2.30. The molecule has 6 nitrogen and oxygen atoms in total. The van der Waals surface area contributed by atoms with Crippen molar-refractivity contribution in [3.8, 4) is 0 Å². The van der Waals surface area contributed by atoms with E-state index >= 15 is 0 Å². The van der Waals surface area contributed by atoms with E-state index in [2.05, 4.69) is 19.5 Å². The lowest BCUT2D eigenvalue weighted by atomic mass is 10.2. The minimum atomic E-state index is 0. The number of hydrogen-bond donors (Lipinski definition) is 2. The van der Waals surface area contributed by atoms with Crippen LogP contribution in [0.2, 0.25) is 0 Å². The zero-order valence-corrected chi connectivity index (χ0v) is 11.4. The van der Waals surface area contributed by atoms with Crippen molar-refractivity contribution in [3.05, 3.63) is 6.33 Å². The summed E-state index contributed by atoms with van der Waals surface area (Å²) in [4.78, 5) is 12.4. The molecule has 1 fully saturated rings. The number of fused-ring (bicyclic) bond motifs is 1. The van der Waals surface area contributed by atoms with E-state index in [9.17, 15) is 0 Å². The van der Waals surface area contributed by atoms with Crippen molar-refractivity contribution < 1.29 is 0 Å². The topological polar surface area (TPSA) is 95.6 Å². The molecule has 2 heterocycles. The van der Waals surface area contributed by atoms with E-state index in [1.165, 1.54) is 25.7 Å². The van der Waals surface area contributed by atoms with E-state index in [4.69, 9.17) is 11.5 Å². The fourth-order valence-electron chi connectivity index (χ4n) is 2.41. The van der Waals surface area contributed by atoms with Gasteiger partial charge in [0, 0.05) is 6.04 Å². The first kappa shape index (κ1) is 14.8. The number of anilines is 2. The first-order valence-electron chi connectivity index (χ1n) is 5.51. The standard InChI is InChI=1S/C10H14N6.2ClH/c11-8-7-9(15-10(12)14-8)16(5-13-7)6-3-1-2-4-6;;/h5-6H,1-4H2,(H4,11,12,14,15);2*1H. The maximum absolute atomic E-state index is 5.76. The Bertz CT molecular complexity index is 534. The average Bonchev–Trinajstić information content (AvgIpc) is 2.83. The highest BCUT2D eigenvalue weighted by molar-refractivity contribution is 5.85. The van der Waals surface area contributed by atoms with Gasteiger partial charge < -0.3 is 16.0 Å². The summed E-state index contributed by atoms with van der Waals surface area (Å²) in [6, 6.07) is 0.485. The predicted octanol–water partition coefficient (Wildman–Crippen LogP) is 1.95. The van der Waals surface area contributed by atoms with Crippen LogP contribution in [0, 0.1) is 0 Å². The average molecular weight is 291 g/mol. The van der Waals surface area contributed by atoms with Crippen molar-refractivity contribution in [1.29, 1.82) is 0 Å². The van der Waals surface area contributed by atoms with E-state index in [1.54, 1.807) is 6.33 Å². The number of hydrogen-bond acceptors (Lipinski definition) is 5. The molecule has 0 radical (unpaired) electrons. The zero-order chi connectivity index (χ0) is 11.1. The van der Waals surface area contributed by atoms with Crippen molar-refractivity contribution in [3.63, 3.8) is 0 Å². The lowest BCUT2D eigenvalue weighted by molar-refractivity contribution is 0.529. The Morgan fingerprint density at radius 3 is 2.44 bits per heavy atom. The van der Waals surface area contributed by atoms with Gasteiger partial charge in [0.1, 0.15) is 5.52 Å². The molecule has 1 aliphatic carbocycles. The highest BCUT2D eigenvalue weighted by Crippen LogP contribution is 2.32. The Kier molecular flexibility index (Phi) is 4.59. The van der Waals surface area contributed by atoms with Gasteiger partial charge in [-0.15, -0.1) is 24.8 Å². The van der Waals surface area contributed by atoms with Gasteiger partial charge in [0.25, 0.3) is 0 Å². The van der Waals surface area contributed by atoms with Crippen LogP contribution in [-0.2, 0) is 0 Å². The molecule has 3 rings (SSSR count). The Morgan fingerprint density at radius 2 is 1.78 bits per heavy atom. The third-order valence-corrected chi connectivity index (χ3v) is 3.18. The predicted molar refractivity (Wildman–Crippen MR) is 76.1 cm³/mol. The molecular weight excluding hydrogens is 275 g/mol. The molecule has 18 heavy (non-hydrogen) atoms. The summed E-state index contributed by atoms with van der Waals surface area (Å²) in [7, 11) is 0. The van der Waals surface area contributed by atoms with Gasteiger partial charge in [-0.2, -0.15) is 9.97 Å². The summed E-state index contributed by atoms with van der Waals surface area (Å²) >= 11 is 0. The summed E-state index contributed by atoms with van der Waals surface area (Å²) in [6.07, 6.45) is 6.68. The van der Waals surface area contributed by atoms with Crippen LogP contribution in [0.5, 0.6) is 0 Å². The van der Waals surface area contributed by atoms with Gasteiger partial charge in [0.05, 0.1) is 6.33 Å². The highest BCUT2D eigenvalue weighted by atomic mass is 35.5. The minimum Gasteiger partial charge on any atom is -0.382 e. The van der Waals surface area contributed by atoms with E-state index in [0.717, 1.165) is 5.65 Å². The van der Waals surface area contributed by atoms with E-state index in [0.29, 0.717) is 17.4 Å². The molecule has 0 spiro atoms. The Hall–Kier alpha value is -1.27. The molecule has 4 N–H and O–H groups in total. The fraction of sp³-hybridized carbons (Fsp3) is 0.500. The van der Waals surface area contributed by atoms with Crippen molar-refractivity contribution in [2.75, 3.05) is 11.5 Å². The lowest BCUT2D eigenvalue weighted by Gasteiger charge is -2.11. The lowest BCUT2D eigenvalue weighted by Crippen LogP contribution is -2.06. The van der Waals surface area contributed by atoms with Crippen molar-refractivity contribution in [1.82, 2.24) is 19.5 Å². The van der Waals surface area contributed by atoms with Gasteiger partial charge >= 0.3 is 0 Å². The van der Waals surface area contributed by atoms with Crippen molar-refractivity contribution >= 4 is 47.7 Å². The maximum atomic E-state index is 5.76. The smallest absolute Gasteiger partial charge is 0.224 e. The quantitative estimate of drug-likeness (QED) is 0.837. The van der Waals surface area contributed by atoms with E-state index < -0.39 is 0 Å². The van der Waals surface area contributed by atoms with Gasteiger partial charge in [-0.1, -0.05) is 12.8 Å². The largest absolute Gasteiger partial charge is 0.382 e. The second-order valence-electron chi connectivity index (χ2n) is 4.23. The molecule has 2 aromatic heterocycles. The first-order valence-corrected chi connectivity index (χ1v) is 5.51. The monoisotopic (exact) mass is 290 g/mol. The summed E-state index contributed by atoms with van der Waals surface area (Å²) in [5.74, 6) is 0.573. The molecule has 0 atom stereocenters. The molecule has 100 valence electrons. The molecule has 1 saturated carbocycles. The van der Waals surface area contributed by atoms with Crippen LogP contribution in [0.1, 0.15) is 31.7 Å². The van der Waals surface area contributed by atoms with Crippen LogP contribution in [0.15, 0.2) is 6.33 Å². The molecule has 8 heteroatoms. The summed E-state index contributed by atoms with van der Waals surface area (Å²) < 4.78 is 2.08. The zero-order valence-electron chi connectivity index (χ0n) is 9.74. The number of halogens is 2. The molecular formula is C10H16Cl2N6. The molecule has 0 saturated heterocycles. The molecule has 1 aliphatic rings. The molecule has 0 bridgehead atoms. The molecule has 0 unspecified atom stereocenters. The second-order valence-corrected chi connectivity index (χ2v) is 4.23. The van der Waals surface area contributed by atoms with E-state index in [-0.39, 0.29) is 30.8 Å². The summed E-state index contributed by atoms with van der Waals surface area (Å²) in [6.45, 7) is 0. The molecule has 0 aliphatic heterocycles. The van der Waals surface area contributed by atoms with Gasteiger partial charge in [0.2, 0.25) is 5.95 Å². The third-order valence-electron chi connectivity index (χ3n) is 3.18. The Labute approximate surface area is 117 Å². The number of nitrogens with zero attached hydrogens (tertiary/aromatic N) is 4. The minimum absolute atomic E-state index is 0. The van der Waals surface area contributed by atoms with Crippen LogP contribution in [-0.4, -0.2) is 19.5 Å².